The number of amides is 2. The Morgan fingerprint density at radius 2 is 2.00 bits per heavy atom. The van der Waals surface area contributed by atoms with Crippen molar-refractivity contribution in [2.45, 2.75) is 38.6 Å². The van der Waals surface area contributed by atoms with Crippen molar-refractivity contribution in [2.75, 3.05) is 18.5 Å². The van der Waals surface area contributed by atoms with Gasteiger partial charge < -0.3 is 15.0 Å². The summed E-state index contributed by atoms with van der Waals surface area (Å²) in [6.07, 6.45) is 3.14. The molecule has 1 unspecified atom stereocenters. The van der Waals surface area contributed by atoms with Crippen molar-refractivity contribution in [3.8, 4) is 5.75 Å². The number of fused-ring (bicyclic) bond motifs is 1. The van der Waals surface area contributed by atoms with Gasteiger partial charge in [0.05, 0.1) is 12.6 Å². The minimum atomic E-state index is 0.0386. The molecule has 2 amide bonds. The summed E-state index contributed by atoms with van der Waals surface area (Å²) >= 11 is 0. The molecule has 0 spiro atoms. The molecule has 5 nitrogen and oxygen atoms in total. The van der Waals surface area contributed by atoms with Crippen molar-refractivity contribution in [1.29, 1.82) is 0 Å². The summed E-state index contributed by atoms with van der Waals surface area (Å²) in [6.45, 7) is 3.38. The number of anilines is 1. The number of aryl methyl sites for hydroxylation is 1. The molecular formula is C22H24N2O3. The molecule has 2 aliphatic rings. The first-order chi connectivity index (χ1) is 13.2. The van der Waals surface area contributed by atoms with Crippen LogP contribution in [0.3, 0.4) is 0 Å². The zero-order valence-electron chi connectivity index (χ0n) is 15.5. The van der Waals surface area contributed by atoms with Crippen LogP contribution in [0.2, 0.25) is 0 Å². The van der Waals surface area contributed by atoms with Crippen LogP contribution in [0.25, 0.3) is 0 Å². The number of hydrogen-bond acceptors (Lipinski definition) is 3. The molecule has 1 atom stereocenters. The van der Waals surface area contributed by atoms with E-state index in [0.717, 1.165) is 42.0 Å². The summed E-state index contributed by atoms with van der Waals surface area (Å²) in [5, 5.41) is 2.87. The normalized spacial score (nSPS) is 18.8. The van der Waals surface area contributed by atoms with Gasteiger partial charge in [-0.05, 0) is 67.6 Å². The highest BCUT2D eigenvalue weighted by atomic mass is 16.5. The number of nitrogens with one attached hydrogen (secondary N) is 1. The molecule has 1 saturated heterocycles. The molecule has 0 aliphatic carbocycles. The van der Waals surface area contributed by atoms with Gasteiger partial charge in [-0.2, -0.15) is 0 Å². The Kier molecular flexibility index (Phi) is 4.84. The monoisotopic (exact) mass is 364 g/mol. The van der Waals surface area contributed by atoms with Gasteiger partial charge in [0.15, 0.2) is 0 Å². The Hall–Kier alpha value is -2.82. The minimum absolute atomic E-state index is 0.0386. The quantitative estimate of drug-likeness (QED) is 0.894. The molecule has 0 bridgehead atoms. The fraction of sp³-hybridized carbons (Fsp3) is 0.364. The fourth-order valence-electron chi connectivity index (χ4n) is 3.99. The second-order valence-electron chi connectivity index (χ2n) is 7.08. The topological polar surface area (TPSA) is 58.6 Å². The van der Waals surface area contributed by atoms with E-state index in [4.69, 9.17) is 4.74 Å². The highest BCUT2D eigenvalue weighted by Gasteiger charge is 2.31. The van der Waals surface area contributed by atoms with Crippen LogP contribution in [0.5, 0.6) is 5.75 Å². The number of likely N-dealkylation sites (tertiary alicyclic amines) is 1. The van der Waals surface area contributed by atoms with Crippen molar-refractivity contribution in [3.05, 3.63) is 59.2 Å². The third-order valence-electron chi connectivity index (χ3n) is 5.34. The Balaban J connectivity index is 1.55. The van der Waals surface area contributed by atoms with Gasteiger partial charge in [-0.3, -0.25) is 9.59 Å². The molecule has 1 fully saturated rings. The van der Waals surface area contributed by atoms with Crippen LogP contribution >= 0.6 is 0 Å². The Labute approximate surface area is 159 Å². The average Bonchev–Trinajstić information content (AvgIpc) is 3.17. The zero-order chi connectivity index (χ0) is 18.8. The molecule has 27 heavy (non-hydrogen) atoms. The smallest absolute Gasteiger partial charge is 0.254 e. The number of ether oxygens (including phenoxy) is 1. The van der Waals surface area contributed by atoms with Crippen LogP contribution in [0.15, 0.2) is 42.5 Å². The molecule has 1 N–H and O–H groups in total. The molecule has 140 valence electrons. The van der Waals surface area contributed by atoms with Crippen LogP contribution < -0.4 is 10.1 Å². The molecule has 0 radical (unpaired) electrons. The van der Waals surface area contributed by atoms with Gasteiger partial charge in [0.2, 0.25) is 5.91 Å². The number of benzene rings is 2. The van der Waals surface area contributed by atoms with Crippen LogP contribution in [0.1, 0.15) is 53.7 Å². The first kappa shape index (κ1) is 17.6. The predicted molar refractivity (Wildman–Crippen MR) is 104 cm³/mol. The summed E-state index contributed by atoms with van der Waals surface area (Å²) in [6, 6.07) is 13.8. The predicted octanol–water partition coefficient (Wildman–Crippen LogP) is 3.95. The van der Waals surface area contributed by atoms with Gasteiger partial charge in [-0.25, -0.2) is 0 Å². The Morgan fingerprint density at radius 3 is 2.78 bits per heavy atom. The van der Waals surface area contributed by atoms with E-state index in [2.05, 4.69) is 17.4 Å². The van der Waals surface area contributed by atoms with E-state index in [-0.39, 0.29) is 17.9 Å². The van der Waals surface area contributed by atoms with Crippen molar-refractivity contribution < 1.29 is 14.3 Å². The zero-order valence-corrected chi connectivity index (χ0v) is 15.5. The maximum absolute atomic E-state index is 13.2. The molecule has 0 saturated carbocycles. The summed E-state index contributed by atoms with van der Waals surface area (Å²) in [5.74, 6) is 0.955. The molecule has 2 aliphatic heterocycles. The largest absolute Gasteiger partial charge is 0.494 e. The van der Waals surface area contributed by atoms with E-state index in [1.165, 1.54) is 0 Å². The molecule has 2 aromatic carbocycles. The SMILES string of the molecule is CCOc1ccc(C2CCCN2C(=O)c2ccc3c(c2)CCC(=O)N3)cc1. The standard InChI is InChI=1S/C22H24N2O3/c1-2-27-18-9-5-15(6-10-18)20-4-3-13-24(20)22(26)17-7-11-19-16(14-17)8-12-21(25)23-19/h5-7,9-11,14,20H,2-4,8,12-13H2,1H3,(H,23,25). The number of rotatable bonds is 4. The highest BCUT2D eigenvalue weighted by molar-refractivity contribution is 5.98. The lowest BCUT2D eigenvalue weighted by Crippen LogP contribution is -2.31. The maximum atomic E-state index is 13.2. The van der Waals surface area contributed by atoms with E-state index in [1.54, 1.807) is 0 Å². The van der Waals surface area contributed by atoms with E-state index in [1.807, 2.05) is 42.2 Å². The van der Waals surface area contributed by atoms with Crippen molar-refractivity contribution in [1.82, 2.24) is 4.90 Å². The van der Waals surface area contributed by atoms with E-state index >= 15 is 0 Å². The first-order valence-corrected chi connectivity index (χ1v) is 9.62. The third kappa shape index (κ3) is 3.54. The van der Waals surface area contributed by atoms with E-state index in [9.17, 15) is 9.59 Å². The summed E-state index contributed by atoms with van der Waals surface area (Å²) in [7, 11) is 0. The lowest BCUT2D eigenvalue weighted by atomic mass is 9.99. The lowest BCUT2D eigenvalue weighted by molar-refractivity contribution is -0.116. The third-order valence-corrected chi connectivity index (χ3v) is 5.34. The molecule has 4 rings (SSSR count). The van der Waals surface area contributed by atoms with Crippen LogP contribution in [0.4, 0.5) is 5.69 Å². The Morgan fingerprint density at radius 1 is 1.19 bits per heavy atom. The first-order valence-electron chi connectivity index (χ1n) is 9.62. The van der Waals surface area contributed by atoms with Gasteiger partial charge in [0.1, 0.15) is 5.75 Å². The van der Waals surface area contributed by atoms with Crippen molar-refractivity contribution in [3.63, 3.8) is 0 Å². The van der Waals surface area contributed by atoms with Gasteiger partial charge in [-0.15, -0.1) is 0 Å². The average molecular weight is 364 g/mol. The maximum Gasteiger partial charge on any atom is 0.254 e. The molecule has 0 aromatic heterocycles. The van der Waals surface area contributed by atoms with Gasteiger partial charge in [0, 0.05) is 24.2 Å². The summed E-state index contributed by atoms with van der Waals surface area (Å²) in [5.41, 5.74) is 3.71. The number of hydrogen-bond donors (Lipinski definition) is 1. The summed E-state index contributed by atoms with van der Waals surface area (Å²) < 4.78 is 5.52. The van der Waals surface area contributed by atoms with Crippen molar-refractivity contribution in [2.24, 2.45) is 0 Å². The molecule has 2 aromatic rings. The highest BCUT2D eigenvalue weighted by Crippen LogP contribution is 2.34. The van der Waals surface area contributed by atoms with Gasteiger partial charge >= 0.3 is 0 Å². The number of carbonyl (C=O) groups excluding carboxylic acids is 2. The molecule has 5 heteroatoms. The second kappa shape index (κ2) is 7.43. The van der Waals surface area contributed by atoms with E-state index < -0.39 is 0 Å². The molecule has 2 heterocycles. The van der Waals surface area contributed by atoms with Crippen LogP contribution in [-0.2, 0) is 11.2 Å². The molecular weight excluding hydrogens is 340 g/mol. The minimum Gasteiger partial charge on any atom is -0.494 e. The summed E-state index contributed by atoms with van der Waals surface area (Å²) in [4.78, 5) is 26.7. The number of nitrogens with zero attached hydrogens (tertiary/aromatic N) is 1. The lowest BCUT2D eigenvalue weighted by Gasteiger charge is -2.26. The van der Waals surface area contributed by atoms with Crippen molar-refractivity contribution >= 4 is 17.5 Å². The van der Waals surface area contributed by atoms with Crippen LogP contribution in [-0.4, -0.2) is 29.9 Å². The fourth-order valence-corrected chi connectivity index (χ4v) is 3.99. The van der Waals surface area contributed by atoms with Gasteiger partial charge in [0.25, 0.3) is 5.91 Å². The Bertz CT molecular complexity index is 860. The number of carbonyl (C=O) groups is 2. The second-order valence-corrected chi connectivity index (χ2v) is 7.08. The van der Waals surface area contributed by atoms with Gasteiger partial charge in [-0.1, -0.05) is 12.1 Å². The van der Waals surface area contributed by atoms with Crippen LogP contribution in [0, 0.1) is 0 Å². The van der Waals surface area contributed by atoms with E-state index in [0.29, 0.717) is 25.0 Å².